The van der Waals surface area contributed by atoms with Gasteiger partial charge in [-0.3, -0.25) is 4.79 Å². The summed E-state index contributed by atoms with van der Waals surface area (Å²) in [7, 11) is 1.45. The number of carbonyl (C=O) groups excluding carboxylic acids is 1. The Bertz CT molecular complexity index is 693. The van der Waals surface area contributed by atoms with E-state index in [0.29, 0.717) is 11.4 Å². The average Bonchev–Trinajstić information content (AvgIpc) is 2.54. The molecule has 0 fully saturated rings. The Morgan fingerprint density at radius 2 is 2.05 bits per heavy atom. The van der Waals surface area contributed by atoms with Crippen molar-refractivity contribution in [2.45, 2.75) is 6.42 Å². The molecule has 1 atom stereocenters. The largest absolute Gasteiger partial charge is 0.504 e. The lowest BCUT2D eigenvalue weighted by molar-refractivity contribution is -0.118. The van der Waals surface area contributed by atoms with E-state index in [1.807, 2.05) is 24.3 Å². The lowest BCUT2D eigenvalue weighted by atomic mass is 9.99. The van der Waals surface area contributed by atoms with Gasteiger partial charge in [0, 0.05) is 5.69 Å². The summed E-state index contributed by atoms with van der Waals surface area (Å²) in [6.45, 7) is 0. The fourth-order valence-corrected chi connectivity index (χ4v) is 2.03. The minimum atomic E-state index is -0.825. The molecular weight excluding hydrogens is 280 g/mol. The van der Waals surface area contributed by atoms with Crippen LogP contribution in [0, 0.1) is 17.2 Å². The molecule has 0 spiro atoms. The Morgan fingerprint density at radius 3 is 2.68 bits per heavy atom. The number of phenols is 1. The smallest absolute Gasteiger partial charge is 0.242 e. The number of carbonyl (C=O) groups is 1. The first kappa shape index (κ1) is 15.4. The highest BCUT2D eigenvalue weighted by Gasteiger charge is 2.19. The van der Waals surface area contributed by atoms with Crippen molar-refractivity contribution < 1.29 is 14.6 Å². The molecule has 112 valence electrons. The first-order chi connectivity index (χ1) is 10.6. The molecule has 2 N–H and O–H groups in total. The SMILES string of the molecule is COc1cc(CC(C#N)C(=O)Nc2ccccc2)ccc1O. The number of aromatic hydroxyl groups is 1. The van der Waals surface area contributed by atoms with Crippen molar-refractivity contribution in [3.63, 3.8) is 0 Å². The number of anilines is 1. The van der Waals surface area contributed by atoms with E-state index in [9.17, 15) is 15.2 Å². The first-order valence-corrected chi connectivity index (χ1v) is 6.75. The van der Waals surface area contributed by atoms with Crippen LogP contribution >= 0.6 is 0 Å². The van der Waals surface area contributed by atoms with Gasteiger partial charge < -0.3 is 15.2 Å². The molecule has 0 aliphatic carbocycles. The third kappa shape index (κ3) is 3.76. The topological polar surface area (TPSA) is 82.3 Å². The number of benzene rings is 2. The maximum absolute atomic E-state index is 12.2. The molecule has 0 radical (unpaired) electrons. The van der Waals surface area contributed by atoms with E-state index in [1.165, 1.54) is 13.2 Å². The second kappa shape index (κ2) is 7.14. The summed E-state index contributed by atoms with van der Waals surface area (Å²) in [5, 5.41) is 21.5. The Kier molecular flexibility index (Phi) is 4.99. The number of methoxy groups -OCH3 is 1. The van der Waals surface area contributed by atoms with Crippen LogP contribution in [0.5, 0.6) is 11.5 Å². The Labute approximate surface area is 128 Å². The van der Waals surface area contributed by atoms with E-state index < -0.39 is 5.92 Å². The third-order valence-electron chi connectivity index (χ3n) is 3.20. The lowest BCUT2D eigenvalue weighted by Crippen LogP contribution is -2.23. The number of para-hydroxylation sites is 1. The van der Waals surface area contributed by atoms with Crippen molar-refractivity contribution in [3.8, 4) is 17.6 Å². The van der Waals surface area contributed by atoms with E-state index in [-0.39, 0.29) is 18.1 Å². The van der Waals surface area contributed by atoms with E-state index >= 15 is 0 Å². The van der Waals surface area contributed by atoms with Gasteiger partial charge in [-0.05, 0) is 36.2 Å². The summed E-state index contributed by atoms with van der Waals surface area (Å²) in [5.41, 5.74) is 1.39. The molecule has 0 bridgehead atoms. The second-order valence-electron chi connectivity index (χ2n) is 4.75. The van der Waals surface area contributed by atoms with Crippen molar-refractivity contribution in [2.75, 3.05) is 12.4 Å². The number of ether oxygens (including phenoxy) is 1. The monoisotopic (exact) mass is 296 g/mol. The summed E-state index contributed by atoms with van der Waals surface area (Å²) >= 11 is 0. The fourth-order valence-electron chi connectivity index (χ4n) is 2.03. The molecule has 2 aromatic carbocycles. The van der Waals surface area contributed by atoms with Crippen LogP contribution in [0.3, 0.4) is 0 Å². The van der Waals surface area contributed by atoms with E-state index in [1.54, 1.807) is 24.3 Å². The highest BCUT2D eigenvalue weighted by atomic mass is 16.5. The minimum absolute atomic E-state index is 0.0218. The van der Waals surface area contributed by atoms with Crippen LogP contribution in [-0.4, -0.2) is 18.1 Å². The van der Waals surface area contributed by atoms with Crippen LogP contribution in [0.15, 0.2) is 48.5 Å². The highest BCUT2D eigenvalue weighted by Crippen LogP contribution is 2.27. The minimum Gasteiger partial charge on any atom is -0.504 e. The molecule has 22 heavy (non-hydrogen) atoms. The number of nitriles is 1. The molecule has 5 heteroatoms. The summed E-state index contributed by atoms with van der Waals surface area (Å²) in [4.78, 5) is 12.2. The van der Waals surface area contributed by atoms with Crippen molar-refractivity contribution in [3.05, 3.63) is 54.1 Å². The van der Waals surface area contributed by atoms with Crippen molar-refractivity contribution >= 4 is 11.6 Å². The van der Waals surface area contributed by atoms with Gasteiger partial charge in [0.25, 0.3) is 0 Å². The molecule has 0 aliphatic rings. The van der Waals surface area contributed by atoms with Gasteiger partial charge in [-0.2, -0.15) is 5.26 Å². The van der Waals surface area contributed by atoms with Crippen LogP contribution in [0.1, 0.15) is 5.56 Å². The Balaban J connectivity index is 2.09. The van der Waals surface area contributed by atoms with Crippen LogP contribution in [0.2, 0.25) is 0 Å². The highest BCUT2D eigenvalue weighted by molar-refractivity contribution is 5.94. The second-order valence-corrected chi connectivity index (χ2v) is 4.75. The molecule has 0 saturated carbocycles. The molecule has 0 aliphatic heterocycles. The van der Waals surface area contributed by atoms with Crippen molar-refractivity contribution in [2.24, 2.45) is 5.92 Å². The number of phenolic OH excluding ortho intramolecular Hbond substituents is 1. The average molecular weight is 296 g/mol. The molecule has 1 unspecified atom stereocenters. The molecule has 2 rings (SSSR count). The summed E-state index contributed by atoms with van der Waals surface area (Å²) in [5.74, 6) is -0.846. The summed E-state index contributed by atoms with van der Waals surface area (Å²) in [6.07, 6.45) is 0.242. The van der Waals surface area contributed by atoms with E-state index in [4.69, 9.17) is 4.74 Å². The predicted molar refractivity (Wildman–Crippen MR) is 82.5 cm³/mol. The number of nitrogens with one attached hydrogen (secondary N) is 1. The zero-order chi connectivity index (χ0) is 15.9. The van der Waals surface area contributed by atoms with Gasteiger partial charge >= 0.3 is 0 Å². The molecule has 2 aromatic rings. The third-order valence-corrected chi connectivity index (χ3v) is 3.20. The van der Waals surface area contributed by atoms with Crippen LogP contribution in [0.4, 0.5) is 5.69 Å². The quantitative estimate of drug-likeness (QED) is 0.888. The first-order valence-electron chi connectivity index (χ1n) is 6.75. The molecule has 0 aromatic heterocycles. The maximum atomic E-state index is 12.2. The Morgan fingerprint density at radius 1 is 1.32 bits per heavy atom. The molecule has 0 heterocycles. The zero-order valence-corrected chi connectivity index (χ0v) is 12.1. The standard InChI is InChI=1S/C17H16N2O3/c1-22-16-10-12(7-8-15(16)20)9-13(11-18)17(21)19-14-5-3-2-4-6-14/h2-8,10,13,20H,9H2,1H3,(H,19,21). The van der Waals surface area contributed by atoms with Gasteiger partial charge in [0.1, 0.15) is 5.92 Å². The number of hydrogen-bond donors (Lipinski definition) is 2. The molecular formula is C17H16N2O3. The van der Waals surface area contributed by atoms with Gasteiger partial charge in [-0.25, -0.2) is 0 Å². The molecule has 0 saturated heterocycles. The van der Waals surface area contributed by atoms with E-state index in [0.717, 1.165) is 5.56 Å². The number of rotatable bonds is 5. The maximum Gasteiger partial charge on any atom is 0.242 e. The number of hydrogen-bond acceptors (Lipinski definition) is 4. The van der Waals surface area contributed by atoms with Gasteiger partial charge in [-0.15, -0.1) is 0 Å². The van der Waals surface area contributed by atoms with Crippen LogP contribution < -0.4 is 10.1 Å². The van der Waals surface area contributed by atoms with Crippen molar-refractivity contribution in [1.29, 1.82) is 5.26 Å². The van der Waals surface area contributed by atoms with Gasteiger partial charge in [0.2, 0.25) is 5.91 Å². The van der Waals surface area contributed by atoms with Gasteiger partial charge in [-0.1, -0.05) is 24.3 Å². The lowest BCUT2D eigenvalue weighted by Gasteiger charge is -2.11. The molecule has 5 nitrogen and oxygen atoms in total. The summed E-state index contributed by atoms with van der Waals surface area (Å²) in [6, 6.07) is 15.8. The van der Waals surface area contributed by atoms with E-state index in [2.05, 4.69) is 5.32 Å². The van der Waals surface area contributed by atoms with Crippen LogP contribution in [0.25, 0.3) is 0 Å². The van der Waals surface area contributed by atoms with Crippen LogP contribution in [-0.2, 0) is 11.2 Å². The zero-order valence-electron chi connectivity index (χ0n) is 12.1. The van der Waals surface area contributed by atoms with Gasteiger partial charge in [0.15, 0.2) is 11.5 Å². The van der Waals surface area contributed by atoms with Crippen molar-refractivity contribution in [1.82, 2.24) is 0 Å². The molecule has 1 amide bonds. The fraction of sp³-hybridized carbons (Fsp3) is 0.176. The number of amides is 1. The van der Waals surface area contributed by atoms with Gasteiger partial charge in [0.05, 0.1) is 13.2 Å². The number of nitrogens with zero attached hydrogens (tertiary/aromatic N) is 1. The Hall–Kier alpha value is -3.00. The summed E-state index contributed by atoms with van der Waals surface area (Å²) < 4.78 is 5.02. The normalized spacial score (nSPS) is 11.3. The predicted octanol–water partition coefficient (Wildman–Crippen LogP) is 2.72.